The Bertz CT molecular complexity index is 618. The van der Waals surface area contributed by atoms with Crippen molar-refractivity contribution in [1.82, 2.24) is 15.0 Å². The van der Waals surface area contributed by atoms with Crippen molar-refractivity contribution in [3.05, 3.63) is 42.2 Å². The number of anilines is 1. The molecule has 0 atom stereocenters. The highest BCUT2D eigenvalue weighted by Gasteiger charge is 2.18. The number of nitrogens with one attached hydrogen (secondary N) is 1. The zero-order chi connectivity index (χ0) is 12.3. The highest BCUT2D eigenvalue weighted by Crippen LogP contribution is 2.21. The molecule has 88 valence electrons. The smallest absolute Gasteiger partial charge is 0.265 e. The average molecular weight is 271 g/mol. The van der Waals surface area contributed by atoms with Gasteiger partial charge in [-0.05, 0) is 6.07 Å². The van der Waals surface area contributed by atoms with E-state index < -0.39 is 10.0 Å². The van der Waals surface area contributed by atoms with Crippen LogP contribution in [0, 0.1) is 0 Å². The first-order valence-corrected chi connectivity index (χ1v) is 6.33. The van der Waals surface area contributed by atoms with Crippen LogP contribution < -0.4 is 4.72 Å². The first kappa shape index (κ1) is 11.7. The van der Waals surface area contributed by atoms with E-state index in [1.54, 1.807) is 0 Å². The van der Waals surface area contributed by atoms with Crippen LogP contribution in [0.25, 0.3) is 0 Å². The Kier molecular flexibility index (Phi) is 3.21. The molecular formula is C9H7ClN4O2S. The Hall–Kier alpha value is -1.73. The molecule has 6 nitrogen and oxygen atoms in total. The summed E-state index contributed by atoms with van der Waals surface area (Å²) in [6, 6.07) is 1.40. The van der Waals surface area contributed by atoms with Crippen LogP contribution >= 0.6 is 11.6 Å². The van der Waals surface area contributed by atoms with Crippen molar-refractivity contribution in [3.8, 4) is 0 Å². The summed E-state index contributed by atoms with van der Waals surface area (Å²) >= 11 is 5.78. The van der Waals surface area contributed by atoms with Gasteiger partial charge in [-0.25, -0.2) is 18.4 Å². The van der Waals surface area contributed by atoms with Crippen LogP contribution in [0.2, 0.25) is 5.02 Å². The van der Waals surface area contributed by atoms with Crippen molar-refractivity contribution < 1.29 is 8.42 Å². The molecule has 0 saturated heterocycles. The lowest BCUT2D eigenvalue weighted by molar-refractivity contribution is 0.601. The van der Waals surface area contributed by atoms with Gasteiger partial charge in [-0.1, -0.05) is 11.6 Å². The zero-order valence-electron chi connectivity index (χ0n) is 8.41. The lowest BCUT2D eigenvalue weighted by Crippen LogP contribution is -2.14. The summed E-state index contributed by atoms with van der Waals surface area (Å²) in [4.78, 5) is 11.0. The van der Waals surface area contributed by atoms with Crippen molar-refractivity contribution in [2.45, 2.75) is 4.90 Å². The van der Waals surface area contributed by atoms with Gasteiger partial charge in [0.15, 0.2) is 0 Å². The molecule has 0 spiro atoms. The summed E-state index contributed by atoms with van der Waals surface area (Å²) < 4.78 is 26.2. The molecule has 0 saturated carbocycles. The monoisotopic (exact) mass is 270 g/mol. The van der Waals surface area contributed by atoms with Gasteiger partial charge in [-0.2, -0.15) is 0 Å². The summed E-state index contributed by atoms with van der Waals surface area (Å²) in [5.41, 5.74) is 0.257. The second-order valence-corrected chi connectivity index (χ2v) is 5.10. The molecule has 0 aromatic carbocycles. The standard InChI is InChI=1S/C9H7ClN4O2S/c10-8-1-2-11-5-9(8)17(15,16)14-7-3-12-6-13-4-7/h1-6,14H. The van der Waals surface area contributed by atoms with Crippen LogP contribution in [0.1, 0.15) is 0 Å². The van der Waals surface area contributed by atoms with E-state index in [1.807, 2.05) is 0 Å². The van der Waals surface area contributed by atoms with Crippen LogP contribution in [-0.2, 0) is 10.0 Å². The molecule has 0 amide bonds. The molecule has 8 heteroatoms. The van der Waals surface area contributed by atoms with Gasteiger partial charge in [0.2, 0.25) is 0 Å². The highest BCUT2D eigenvalue weighted by molar-refractivity contribution is 7.92. The zero-order valence-corrected chi connectivity index (χ0v) is 9.98. The Balaban J connectivity index is 2.36. The van der Waals surface area contributed by atoms with Crippen molar-refractivity contribution in [1.29, 1.82) is 0 Å². The number of hydrogen-bond donors (Lipinski definition) is 1. The summed E-state index contributed by atoms with van der Waals surface area (Å²) in [6.07, 6.45) is 6.57. The van der Waals surface area contributed by atoms with Crippen molar-refractivity contribution >= 4 is 27.3 Å². The minimum absolute atomic E-state index is 0.0921. The number of rotatable bonds is 3. The second kappa shape index (κ2) is 4.64. The first-order chi connectivity index (χ1) is 8.09. The largest absolute Gasteiger partial charge is 0.276 e. The van der Waals surface area contributed by atoms with Crippen LogP contribution in [-0.4, -0.2) is 23.4 Å². The third-order valence-electron chi connectivity index (χ3n) is 1.84. The molecule has 2 aromatic rings. The van der Waals surface area contributed by atoms with Gasteiger partial charge >= 0.3 is 0 Å². The summed E-state index contributed by atoms with van der Waals surface area (Å²) in [5, 5.41) is 0.101. The van der Waals surface area contributed by atoms with E-state index in [4.69, 9.17) is 11.6 Å². The molecule has 0 fully saturated rings. The predicted molar refractivity (Wildman–Crippen MR) is 62.1 cm³/mol. The van der Waals surface area contributed by atoms with Gasteiger partial charge in [-0.15, -0.1) is 0 Å². The molecule has 0 aliphatic carbocycles. The molecule has 17 heavy (non-hydrogen) atoms. The van der Waals surface area contributed by atoms with Crippen LogP contribution in [0.4, 0.5) is 5.69 Å². The van der Waals surface area contributed by atoms with Gasteiger partial charge in [0, 0.05) is 12.4 Å². The van der Waals surface area contributed by atoms with E-state index in [2.05, 4.69) is 19.7 Å². The third kappa shape index (κ3) is 2.69. The molecule has 2 heterocycles. The molecule has 0 aliphatic heterocycles. The fourth-order valence-corrected chi connectivity index (χ4v) is 2.58. The summed E-state index contributed by atoms with van der Waals surface area (Å²) in [5.74, 6) is 0. The number of pyridine rings is 1. The molecule has 0 bridgehead atoms. The number of aromatic nitrogens is 3. The predicted octanol–water partition coefficient (Wildman–Crippen LogP) is 1.33. The summed E-state index contributed by atoms with van der Waals surface area (Å²) in [6.45, 7) is 0. The Morgan fingerprint density at radius 1 is 1.12 bits per heavy atom. The Morgan fingerprint density at radius 3 is 2.47 bits per heavy atom. The van der Waals surface area contributed by atoms with Gasteiger partial charge < -0.3 is 0 Å². The Labute approximate surface area is 103 Å². The third-order valence-corrected chi connectivity index (χ3v) is 3.69. The maximum Gasteiger partial charge on any atom is 0.265 e. The number of sulfonamides is 1. The number of hydrogen-bond acceptors (Lipinski definition) is 5. The van der Waals surface area contributed by atoms with E-state index in [9.17, 15) is 8.42 Å². The quantitative estimate of drug-likeness (QED) is 0.909. The topological polar surface area (TPSA) is 84.8 Å². The second-order valence-electron chi connectivity index (χ2n) is 3.04. The van der Waals surface area contributed by atoms with E-state index in [1.165, 1.54) is 37.2 Å². The van der Waals surface area contributed by atoms with E-state index in [0.717, 1.165) is 0 Å². The molecule has 2 rings (SSSR count). The van der Waals surface area contributed by atoms with Crippen LogP contribution in [0.5, 0.6) is 0 Å². The lowest BCUT2D eigenvalue weighted by atomic mass is 10.5. The maximum atomic E-state index is 11.9. The molecule has 0 unspecified atom stereocenters. The van der Waals surface area contributed by atoms with Crippen molar-refractivity contribution in [2.75, 3.05) is 4.72 Å². The normalized spacial score (nSPS) is 11.1. The molecular weight excluding hydrogens is 264 g/mol. The minimum atomic E-state index is -3.77. The molecule has 1 N–H and O–H groups in total. The minimum Gasteiger partial charge on any atom is -0.276 e. The van der Waals surface area contributed by atoms with Gasteiger partial charge in [0.05, 0.1) is 23.1 Å². The first-order valence-electron chi connectivity index (χ1n) is 4.47. The molecule has 0 radical (unpaired) electrons. The van der Waals surface area contributed by atoms with Gasteiger partial charge in [0.1, 0.15) is 11.2 Å². The Morgan fingerprint density at radius 2 is 1.82 bits per heavy atom. The molecule has 0 aliphatic rings. The van der Waals surface area contributed by atoms with Crippen LogP contribution in [0.15, 0.2) is 42.1 Å². The highest BCUT2D eigenvalue weighted by atomic mass is 35.5. The fourth-order valence-electron chi connectivity index (χ4n) is 1.12. The fraction of sp³-hybridized carbons (Fsp3) is 0. The van der Waals surface area contributed by atoms with E-state index >= 15 is 0 Å². The number of halogens is 1. The van der Waals surface area contributed by atoms with E-state index in [-0.39, 0.29) is 15.6 Å². The molecule has 2 aromatic heterocycles. The van der Waals surface area contributed by atoms with Gasteiger partial charge in [0.25, 0.3) is 10.0 Å². The maximum absolute atomic E-state index is 11.9. The lowest BCUT2D eigenvalue weighted by Gasteiger charge is -2.07. The summed E-state index contributed by atoms with van der Waals surface area (Å²) in [7, 11) is -3.77. The van der Waals surface area contributed by atoms with Crippen molar-refractivity contribution in [2.24, 2.45) is 0 Å². The number of nitrogens with zero attached hydrogens (tertiary/aromatic N) is 3. The van der Waals surface area contributed by atoms with Crippen molar-refractivity contribution in [3.63, 3.8) is 0 Å². The SMILES string of the molecule is O=S(=O)(Nc1cncnc1)c1cnccc1Cl. The van der Waals surface area contributed by atoms with E-state index in [0.29, 0.717) is 0 Å². The average Bonchev–Trinajstić information content (AvgIpc) is 2.30. The van der Waals surface area contributed by atoms with Crippen LogP contribution in [0.3, 0.4) is 0 Å². The van der Waals surface area contributed by atoms with Gasteiger partial charge in [-0.3, -0.25) is 9.71 Å².